The maximum atomic E-state index is 11.9. The largest absolute Gasteiger partial charge is 0.492 e. The second kappa shape index (κ2) is 7.47. The van der Waals surface area contributed by atoms with Crippen molar-refractivity contribution in [1.82, 2.24) is 5.32 Å². The van der Waals surface area contributed by atoms with Gasteiger partial charge in [0.25, 0.3) is 0 Å². The van der Waals surface area contributed by atoms with E-state index >= 15 is 0 Å². The van der Waals surface area contributed by atoms with Crippen LogP contribution in [0, 0.1) is 5.92 Å². The number of amides is 1. The summed E-state index contributed by atoms with van der Waals surface area (Å²) in [6.45, 7) is 0.994. The number of ether oxygens (including phenoxy) is 1. The molecule has 2 atom stereocenters. The zero-order chi connectivity index (χ0) is 16.1. The summed E-state index contributed by atoms with van der Waals surface area (Å²) in [5.41, 5.74) is 6.00. The van der Waals surface area contributed by atoms with Gasteiger partial charge in [0.2, 0.25) is 5.91 Å². The lowest BCUT2D eigenvalue weighted by atomic mass is 10.00. The van der Waals surface area contributed by atoms with Crippen LogP contribution in [0.3, 0.4) is 0 Å². The van der Waals surface area contributed by atoms with Crippen LogP contribution in [-0.2, 0) is 4.79 Å². The molecule has 0 spiro atoms. The standard InChI is InChI=1S/C19H24N2O2/c20-18-7-3-6-16(18)13-19(22)21-10-11-23-17-9-8-14-4-1-2-5-15(14)12-17/h1-2,4-5,8-9,12,16,18H,3,6-7,10-11,13,20H2,(H,21,22)/t16-,18+/m0/s1. The van der Waals surface area contributed by atoms with Crippen LogP contribution < -0.4 is 15.8 Å². The van der Waals surface area contributed by atoms with E-state index in [2.05, 4.69) is 17.4 Å². The molecule has 0 bridgehead atoms. The van der Waals surface area contributed by atoms with E-state index in [1.165, 1.54) is 5.39 Å². The number of carbonyl (C=O) groups is 1. The maximum absolute atomic E-state index is 11.9. The Morgan fingerprint density at radius 2 is 2.00 bits per heavy atom. The monoisotopic (exact) mass is 312 g/mol. The molecule has 0 radical (unpaired) electrons. The first-order chi connectivity index (χ1) is 11.2. The normalized spacial score (nSPS) is 20.6. The van der Waals surface area contributed by atoms with Crippen molar-refractivity contribution in [2.24, 2.45) is 11.7 Å². The van der Waals surface area contributed by atoms with Crippen LogP contribution >= 0.6 is 0 Å². The molecule has 0 heterocycles. The number of nitrogens with two attached hydrogens (primary N) is 1. The molecule has 0 unspecified atom stereocenters. The minimum absolute atomic E-state index is 0.0782. The number of hydrogen-bond acceptors (Lipinski definition) is 3. The Morgan fingerprint density at radius 3 is 2.78 bits per heavy atom. The van der Waals surface area contributed by atoms with Gasteiger partial charge < -0.3 is 15.8 Å². The molecule has 2 aromatic carbocycles. The molecular weight excluding hydrogens is 288 g/mol. The molecule has 122 valence electrons. The predicted octanol–water partition coefficient (Wildman–Crippen LogP) is 2.85. The fourth-order valence-corrected chi connectivity index (χ4v) is 3.25. The molecule has 1 aliphatic carbocycles. The van der Waals surface area contributed by atoms with Gasteiger partial charge in [0.1, 0.15) is 12.4 Å². The van der Waals surface area contributed by atoms with Crippen LogP contribution in [0.1, 0.15) is 25.7 Å². The van der Waals surface area contributed by atoms with Crippen molar-refractivity contribution >= 4 is 16.7 Å². The average molecular weight is 312 g/mol. The van der Waals surface area contributed by atoms with E-state index in [1.54, 1.807) is 0 Å². The van der Waals surface area contributed by atoms with Gasteiger partial charge in [-0.1, -0.05) is 36.8 Å². The highest BCUT2D eigenvalue weighted by Gasteiger charge is 2.25. The number of hydrogen-bond donors (Lipinski definition) is 2. The number of fused-ring (bicyclic) bond motifs is 1. The first-order valence-corrected chi connectivity index (χ1v) is 8.36. The Bertz CT molecular complexity index is 671. The molecular formula is C19H24N2O2. The van der Waals surface area contributed by atoms with Crippen LogP contribution in [0.15, 0.2) is 42.5 Å². The first kappa shape index (κ1) is 15.8. The summed E-state index contributed by atoms with van der Waals surface area (Å²) < 4.78 is 5.72. The van der Waals surface area contributed by atoms with Gasteiger partial charge in [0.15, 0.2) is 0 Å². The van der Waals surface area contributed by atoms with Crippen LogP contribution in [-0.4, -0.2) is 25.1 Å². The second-order valence-corrected chi connectivity index (χ2v) is 6.27. The summed E-state index contributed by atoms with van der Waals surface area (Å²) in [6, 6.07) is 14.4. The van der Waals surface area contributed by atoms with Crippen molar-refractivity contribution in [2.75, 3.05) is 13.2 Å². The van der Waals surface area contributed by atoms with Crippen LogP contribution in [0.25, 0.3) is 10.8 Å². The Kier molecular flexibility index (Phi) is 5.13. The third kappa shape index (κ3) is 4.23. The van der Waals surface area contributed by atoms with E-state index in [0.717, 1.165) is 30.4 Å². The molecule has 1 saturated carbocycles. The van der Waals surface area contributed by atoms with Gasteiger partial charge in [-0.2, -0.15) is 0 Å². The van der Waals surface area contributed by atoms with E-state index < -0.39 is 0 Å². The molecule has 1 fully saturated rings. The van der Waals surface area contributed by atoms with Crippen LogP contribution in [0.2, 0.25) is 0 Å². The van der Waals surface area contributed by atoms with Crippen LogP contribution in [0.5, 0.6) is 5.75 Å². The molecule has 2 aromatic rings. The minimum Gasteiger partial charge on any atom is -0.492 e. The predicted molar refractivity (Wildman–Crippen MR) is 92.4 cm³/mol. The van der Waals surface area contributed by atoms with Gasteiger partial charge in [-0.05, 0) is 41.7 Å². The van der Waals surface area contributed by atoms with Gasteiger partial charge in [-0.3, -0.25) is 4.79 Å². The zero-order valence-electron chi connectivity index (χ0n) is 13.3. The van der Waals surface area contributed by atoms with E-state index in [9.17, 15) is 4.79 Å². The Hall–Kier alpha value is -2.07. The molecule has 3 rings (SSSR count). The zero-order valence-corrected chi connectivity index (χ0v) is 13.3. The quantitative estimate of drug-likeness (QED) is 0.806. The molecule has 23 heavy (non-hydrogen) atoms. The van der Waals surface area contributed by atoms with Gasteiger partial charge in [-0.25, -0.2) is 0 Å². The van der Waals surface area contributed by atoms with Crippen molar-refractivity contribution < 1.29 is 9.53 Å². The SMILES string of the molecule is N[C@@H]1CCC[C@H]1CC(=O)NCCOc1ccc2ccccc2c1. The highest BCUT2D eigenvalue weighted by molar-refractivity contribution is 5.83. The molecule has 1 aliphatic rings. The Labute approximate surface area is 137 Å². The lowest BCUT2D eigenvalue weighted by Gasteiger charge is -2.15. The summed E-state index contributed by atoms with van der Waals surface area (Å²) in [6.07, 6.45) is 3.80. The molecule has 1 amide bonds. The molecule has 3 N–H and O–H groups in total. The average Bonchev–Trinajstić information content (AvgIpc) is 2.96. The third-order valence-electron chi connectivity index (χ3n) is 4.58. The van der Waals surface area contributed by atoms with Crippen molar-refractivity contribution in [3.05, 3.63) is 42.5 Å². The van der Waals surface area contributed by atoms with E-state index in [-0.39, 0.29) is 11.9 Å². The van der Waals surface area contributed by atoms with Gasteiger partial charge in [-0.15, -0.1) is 0 Å². The van der Waals surface area contributed by atoms with Crippen molar-refractivity contribution in [1.29, 1.82) is 0 Å². The molecule has 4 nitrogen and oxygen atoms in total. The smallest absolute Gasteiger partial charge is 0.220 e. The molecule has 0 saturated heterocycles. The highest BCUT2D eigenvalue weighted by Crippen LogP contribution is 2.26. The van der Waals surface area contributed by atoms with Gasteiger partial charge in [0.05, 0.1) is 6.54 Å². The van der Waals surface area contributed by atoms with Crippen LogP contribution in [0.4, 0.5) is 0 Å². The summed E-state index contributed by atoms with van der Waals surface area (Å²) in [5, 5.41) is 5.27. The second-order valence-electron chi connectivity index (χ2n) is 6.27. The van der Waals surface area contributed by atoms with E-state index in [4.69, 9.17) is 10.5 Å². The maximum Gasteiger partial charge on any atom is 0.220 e. The number of carbonyl (C=O) groups excluding carboxylic acids is 1. The van der Waals surface area contributed by atoms with Crippen molar-refractivity contribution in [3.63, 3.8) is 0 Å². The summed E-state index contributed by atoms with van der Waals surface area (Å²) in [4.78, 5) is 11.9. The van der Waals surface area contributed by atoms with Crippen molar-refractivity contribution in [3.8, 4) is 5.75 Å². The van der Waals surface area contributed by atoms with Crippen molar-refractivity contribution in [2.45, 2.75) is 31.7 Å². The summed E-state index contributed by atoms with van der Waals surface area (Å²) in [5.74, 6) is 1.25. The summed E-state index contributed by atoms with van der Waals surface area (Å²) in [7, 11) is 0. The van der Waals surface area contributed by atoms with E-state index in [0.29, 0.717) is 25.5 Å². The Morgan fingerprint density at radius 1 is 1.17 bits per heavy atom. The topological polar surface area (TPSA) is 64.4 Å². The molecule has 0 aliphatic heterocycles. The molecule has 4 heteroatoms. The number of nitrogens with one attached hydrogen (secondary N) is 1. The molecule has 0 aromatic heterocycles. The first-order valence-electron chi connectivity index (χ1n) is 8.36. The van der Waals surface area contributed by atoms with E-state index in [1.807, 2.05) is 30.3 Å². The summed E-state index contributed by atoms with van der Waals surface area (Å²) >= 11 is 0. The minimum atomic E-state index is 0.0782. The number of benzene rings is 2. The number of rotatable bonds is 6. The Balaban J connectivity index is 1.41. The lowest BCUT2D eigenvalue weighted by molar-refractivity contribution is -0.122. The lowest BCUT2D eigenvalue weighted by Crippen LogP contribution is -2.33. The van der Waals surface area contributed by atoms with Gasteiger partial charge >= 0.3 is 0 Å². The highest BCUT2D eigenvalue weighted by atomic mass is 16.5. The van der Waals surface area contributed by atoms with Gasteiger partial charge in [0, 0.05) is 12.5 Å². The fourth-order valence-electron chi connectivity index (χ4n) is 3.25. The fraction of sp³-hybridized carbons (Fsp3) is 0.421. The third-order valence-corrected chi connectivity index (χ3v) is 4.58.